The maximum absolute atomic E-state index is 11.2. The summed E-state index contributed by atoms with van der Waals surface area (Å²) >= 11 is 0. The Bertz CT molecular complexity index is 433. The van der Waals surface area contributed by atoms with Gasteiger partial charge in [0.2, 0.25) is 0 Å². The van der Waals surface area contributed by atoms with Gasteiger partial charge >= 0.3 is 0 Å². The first-order chi connectivity index (χ1) is 8.91. The molecule has 1 saturated carbocycles. The fraction of sp³-hybridized carbons (Fsp3) is 0.625. The van der Waals surface area contributed by atoms with Gasteiger partial charge in [0.1, 0.15) is 5.75 Å². The Balaban J connectivity index is 2.33. The minimum Gasteiger partial charge on any atom is -0.508 e. The van der Waals surface area contributed by atoms with Crippen molar-refractivity contribution in [2.75, 3.05) is 20.6 Å². The Hall–Kier alpha value is -1.06. The topological polar surface area (TPSA) is 43.7 Å². The Labute approximate surface area is 115 Å². The molecule has 2 rings (SSSR count). The van der Waals surface area contributed by atoms with Crippen LogP contribution in [0.3, 0.4) is 0 Å². The maximum Gasteiger partial charge on any atom is 0.115 e. The van der Waals surface area contributed by atoms with Gasteiger partial charge in [0.15, 0.2) is 0 Å². The van der Waals surface area contributed by atoms with Crippen LogP contribution in [-0.2, 0) is 5.60 Å². The van der Waals surface area contributed by atoms with Crippen molar-refractivity contribution in [3.63, 3.8) is 0 Å². The summed E-state index contributed by atoms with van der Waals surface area (Å²) in [5.74, 6) is 0.971. The molecule has 0 unspecified atom stereocenters. The van der Waals surface area contributed by atoms with Crippen molar-refractivity contribution in [1.29, 1.82) is 0 Å². The molecule has 1 fully saturated rings. The molecule has 2 N–H and O–H groups in total. The van der Waals surface area contributed by atoms with Gasteiger partial charge in [0.25, 0.3) is 0 Å². The molecule has 3 heteroatoms. The van der Waals surface area contributed by atoms with Crippen molar-refractivity contribution >= 4 is 0 Å². The average Bonchev–Trinajstić information content (AvgIpc) is 2.32. The van der Waals surface area contributed by atoms with E-state index in [0.717, 1.165) is 24.9 Å². The Morgan fingerprint density at radius 3 is 2.68 bits per heavy atom. The van der Waals surface area contributed by atoms with E-state index in [1.165, 1.54) is 6.42 Å². The predicted octanol–water partition coefficient (Wildman–Crippen LogP) is 2.58. The highest BCUT2D eigenvalue weighted by Gasteiger charge is 2.42. The van der Waals surface area contributed by atoms with Gasteiger partial charge in [0, 0.05) is 12.5 Å². The summed E-state index contributed by atoms with van der Waals surface area (Å²) in [5, 5.41) is 20.9. The Morgan fingerprint density at radius 2 is 2.05 bits per heavy atom. The molecule has 19 heavy (non-hydrogen) atoms. The highest BCUT2D eigenvalue weighted by Crippen LogP contribution is 2.44. The van der Waals surface area contributed by atoms with E-state index < -0.39 is 5.60 Å². The molecule has 3 atom stereocenters. The van der Waals surface area contributed by atoms with E-state index in [2.05, 4.69) is 11.8 Å². The quantitative estimate of drug-likeness (QED) is 0.881. The third kappa shape index (κ3) is 3.10. The van der Waals surface area contributed by atoms with Crippen molar-refractivity contribution in [3.8, 4) is 5.75 Å². The third-order valence-corrected chi connectivity index (χ3v) is 4.27. The highest BCUT2D eigenvalue weighted by molar-refractivity contribution is 5.32. The number of rotatable bonds is 3. The number of aliphatic hydroxyl groups is 1. The zero-order chi connectivity index (χ0) is 14.0. The molecular weight excluding hydrogens is 238 g/mol. The van der Waals surface area contributed by atoms with Crippen LogP contribution in [0.2, 0.25) is 0 Å². The molecule has 0 spiro atoms. The lowest BCUT2D eigenvalue weighted by Crippen LogP contribution is -2.44. The molecule has 0 aromatic heterocycles. The number of benzene rings is 1. The highest BCUT2D eigenvalue weighted by atomic mass is 16.3. The second-order valence-corrected chi connectivity index (χ2v) is 6.32. The van der Waals surface area contributed by atoms with Gasteiger partial charge in [-0.3, -0.25) is 0 Å². The molecule has 0 bridgehead atoms. The standard InChI is InChI=1S/C16H25NO2/c1-12-7-8-14(11-17(2)3)16(19,10-12)13-5-4-6-15(18)9-13/h4-6,9,12,14,18-19H,7-8,10-11H2,1-3H3/t12-,14-,16+/m1/s1. The molecule has 0 amide bonds. The van der Waals surface area contributed by atoms with E-state index >= 15 is 0 Å². The van der Waals surface area contributed by atoms with Gasteiger partial charge in [0.05, 0.1) is 5.60 Å². The summed E-state index contributed by atoms with van der Waals surface area (Å²) < 4.78 is 0. The van der Waals surface area contributed by atoms with Crippen molar-refractivity contribution in [1.82, 2.24) is 4.90 Å². The molecule has 0 radical (unpaired) electrons. The van der Waals surface area contributed by atoms with Crippen LogP contribution in [0.5, 0.6) is 5.75 Å². The van der Waals surface area contributed by atoms with Gasteiger partial charge < -0.3 is 15.1 Å². The molecule has 1 aliphatic rings. The summed E-state index contributed by atoms with van der Waals surface area (Å²) in [6.07, 6.45) is 2.97. The monoisotopic (exact) mass is 263 g/mol. The maximum atomic E-state index is 11.2. The van der Waals surface area contributed by atoms with E-state index in [1.807, 2.05) is 26.2 Å². The first-order valence-corrected chi connectivity index (χ1v) is 7.08. The zero-order valence-electron chi connectivity index (χ0n) is 12.1. The van der Waals surface area contributed by atoms with E-state index in [-0.39, 0.29) is 11.7 Å². The van der Waals surface area contributed by atoms with E-state index in [1.54, 1.807) is 12.1 Å². The van der Waals surface area contributed by atoms with Crippen LogP contribution < -0.4 is 0 Å². The second kappa shape index (κ2) is 5.51. The number of hydrogen-bond donors (Lipinski definition) is 2. The van der Waals surface area contributed by atoms with Crippen LogP contribution in [0.25, 0.3) is 0 Å². The van der Waals surface area contributed by atoms with Crippen LogP contribution >= 0.6 is 0 Å². The number of phenols is 1. The molecular formula is C16H25NO2. The number of phenolic OH excluding ortho intramolecular Hbond substituents is 1. The summed E-state index contributed by atoms with van der Waals surface area (Å²) in [7, 11) is 4.09. The molecule has 0 aliphatic heterocycles. The van der Waals surface area contributed by atoms with Crippen LogP contribution in [0, 0.1) is 11.8 Å². The summed E-state index contributed by atoms with van der Waals surface area (Å²) in [5.41, 5.74) is 0.0339. The van der Waals surface area contributed by atoms with Crippen LogP contribution in [0.15, 0.2) is 24.3 Å². The lowest BCUT2D eigenvalue weighted by atomic mass is 9.68. The second-order valence-electron chi connectivity index (χ2n) is 6.32. The SMILES string of the molecule is C[C@@H]1CC[C@H](CN(C)C)[C@@](O)(c2cccc(O)c2)C1. The first kappa shape index (κ1) is 14.4. The first-order valence-electron chi connectivity index (χ1n) is 7.08. The summed E-state index contributed by atoms with van der Waals surface area (Å²) in [6, 6.07) is 7.11. The lowest BCUT2D eigenvalue weighted by Gasteiger charge is -2.44. The Morgan fingerprint density at radius 1 is 1.32 bits per heavy atom. The molecule has 0 heterocycles. The molecule has 3 nitrogen and oxygen atoms in total. The van der Waals surface area contributed by atoms with Gasteiger partial charge in [-0.2, -0.15) is 0 Å². The summed E-state index contributed by atoms with van der Waals surface area (Å²) in [4.78, 5) is 2.13. The van der Waals surface area contributed by atoms with Gasteiger partial charge in [-0.1, -0.05) is 25.5 Å². The number of hydrogen-bond acceptors (Lipinski definition) is 3. The molecule has 1 aliphatic carbocycles. The number of aromatic hydroxyl groups is 1. The minimum atomic E-state index is -0.819. The summed E-state index contributed by atoms with van der Waals surface area (Å²) in [6.45, 7) is 3.07. The smallest absolute Gasteiger partial charge is 0.115 e. The van der Waals surface area contributed by atoms with Gasteiger partial charge in [-0.25, -0.2) is 0 Å². The molecule has 1 aromatic carbocycles. The normalized spacial score (nSPS) is 31.6. The molecule has 1 aromatic rings. The predicted molar refractivity (Wildman–Crippen MR) is 77.1 cm³/mol. The van der Waals surface area contributed by atoms with Crippen molar-refractivity contribution in [2.45, 2.75) is 31.8 Å². The minimum absolute atomic E-state index is 0.223. The van der Waals surface area contributed by atoms with Crippen molar-refractivity contribution in [3.05, 3.63) is 29.8 Å². The number of nitrogens with zero attached hydrogens (tertiary/aromatic N) is 1. The van der Waals surface area contributed by atoms with Gasteiger partial charge in [-0.15, -0.1) is 0 Å². The van der Waals surface area contributed by atoms with E-state index in [4.69, 9.17) is 0 Å². The molecule has 0 saturated heterocycles. The van der Waals surface area contributed by atoms with E-state index in [0.29, 0.717) is 5.92 Å². The van der Waals surface area contributed by atoms with Crippen molar-refractivity contribution < 1.29 is 10.2 Å². The average molecular weight is 263 g/mol. The van der Waals surface area contributed by atoms with Gasteiger partial charge in [-0.05, 0) is 50.6 Å². The van der Waals surface area contributed by atoms with Crippen LogP contribution in [-0.4, -0.2) is 35.8 Å². The fourth-order valence-corrected chi connectivity index (χ4v) is 3.34. The lowest BCUT2D eigenvalue weighted by molar-refractivity contribution is -0.0766. The zero-order valence-corrected chi connectivity index (χ0v) is 12.1. The van der Waals surface area contributed by atoms with Crippen molar-refractivity contribution in [2.24, 2.45) is 11.8 Å². The third-order valence-electron chi connectivity index (χ3n) is 4.27. The Kier molecular flexibility index (Phi) is 4.16. The molecule has 106 valence electrons. The van der Waals surface area contributed by atoms with E-state index in [9.17, 15) is 10.2 Å². The van der Waals surface area contributed by atoms with Crippen LogP contribution in [0.1, 0.15) is 31.7 Å². The van der Waals surface area contributed by atoms with Crippen LogP contribution in [0.4, 0.5) is 0 Å². The largest absolute Gasteiger partial charge is 0.508 e. The fourth-order valence-electron chi connectivity index (χ4n) is 3.34.